The maximum absolute atomic E-state index is 11.0. The number of hydrogen-bond acceptors (Lipinski definition) is 4. The van der Waals surface area contributed by atoms with Crippen LogP contribution in [-0.4, -0.2) is 36.4 Å². The molecule has 0 fully saturated rings. The molecule has 0 radical (unpaired) electrons. The molecule has 0 amide bonds. The molecule has 1 aromatic carbocycles. The summed E-state index contributed by atoms with van der Waals surface area (Å²) in [5, 5.41) is 20.9. The molecule has 94 valence electrons. The maximum atomic E-state index is 11.0. The largest absolute Gasteiger partial charge is 0.497 e. The third-order valence-corrected chi connectivity index (χ3v) is 2.41. The Balaban J connectivity index is 2.89. The lowest BCUT2D eigenvalue weighted by Crippen LogP contribution is -2.16. The fourth-order valence-electron chi connectivity index (χ4n) is 1.33. The van der Waals surface area contributed by atoms with Crippen molar-refractivity contribution in [1.82, 2.24) is 0 Å². The van der Waals surface area contributed by atoms with E-state index in [0.29, 0.717) is 18.0 Å². The fraction of sp³-hybridized carbons (Fsp3) is 0.417. The number of anilines is 1. The minimum atomic E-state index is -0.994. The van der Waals surface area contributed by atoms with Crippen LogP contribution in [0.25, 0.3) is 0 Å². The first kappa shape index (κ1) is 13.3. The summed E-state index contributed by atoms with van der Waals surface area (Å²) in [7, 11) is 1.52. The lowest BCUT2D eigenvalue weighted by molar-refractivity contribution is 0.0698. The predicted molar refractivity (Wildman–Crippen MR) is 64.7 cm³/mol. The van der Waals surface area contributed by atoms with E-state index in [1.54, 1.807) is 12.1 Å². The molecular formula is C12H17NO4. The third-order valence-electron chi connectivity index (χ3n) is 2.41. The Morgan fingerprint density at radius 2 is 2.24 bits per heavy atom. The molecular weight excluding hydrogens is 222 g/mol. The Kier molecular flexibility index (Phi) is 4.78. The average Bonchev–Trinajstić information content (AvgIpc) is 2.35. The van der Waals surface area contributed by atoms with Crippen LogP contribution in [0.4, 0.5) is 5.69 Å². The smallest absolute Gasteiger partial charge is 0.337 e. The lowest BCUT2D eigenvalue weighted by atomic mass is 10.1. The first-order valence-electron chi connectivity index (χ1n) is 5.34. The van der Waals surface area contributed by atoms with Gasteiger partial charge in [-0.2, -0.15) is 0 Å². The summed E-state index contributed by atoms with van der Waals surface area (Å²) in [5.41, 5.74) is 0.688. The molecule has 3 N–H and O–H groups in total. The number of nitrogens with one attached hydrogen (secondary N) is 1. The number of rotatable bonds is 6. The number of aliphatic hydroxyl groups excluding tert-OH is 1. The van der Waals surface area contributed by atoms with Crippen LogP contribution in [0.3, 0.4) is 0 Å². The molecule has 0 aromatic heterocycles. The molecule has 5 nitrogen and oxygen atoms in total. The first-order chi connectivity index (χ1) is 8.08. The van der Waals surface area contributed by atoms with Gasteiger partial charge in [0.2, 0.25) is 0 Å². The fourth-order valence-corrected chi connectivity index (χ4v) is 1.33. The van der Waals surface area contributed by atoms with E-state index < -0.39 is 5.97 Å². The minimum Gasteiger partial charge on any atom is -0.497 e. The van der Waals surface area contributed by atoms with Crippen LogP contribution in [0.15, 0.2) is 18.2 Å². The van der Waals surface area contributed by atoms with Gasteiger partial charge in [-0.3, -0.25) is 0 Å². The first-order valence-corrected chi connectivity index (χ1v) is 5.34. The van der Waals surface area contributed by atoms with Gasteiger partial charge < -0.3 is 20.3 Å². The number of methoxy groups -OCH3 is 1. The van der Waals surface area contributed by atoms with Gasteiger partial charge in [-0.05, 0) is 18.1 Å². The van der Waals surface area contributed by atoms with Gasteiger partial charge in [0.25, 0.3) is 0 Å². The van der Waals surface area contributed by atoms with Gasteiger partial charge in [0.1, 0.15) is 5.75 Å². The van der Waals surface area contributed by atoms with Crippen molar-refractivity contribution < 1.29 is 19.7 Å². The maximum Gasteiger partial charge on any atom is 0.337 e. The topological polar surface area (TPSA) is 78.8 Å². The van der Waals surface area contributed by atoms with Crippen molar-refractivity contribution in [3.63, 3.8) is 0 Å². The Bertz CT molecular complexity index is 392. The van der Waals surface area contributed by atoms with E-state index in [4.69, 9.17) is 14.9 Å². The quantitative estimate of drug-likeness (QED) is 0.700. The molecule has 5 heteroatoms. The number of aliphatic hydroxyl groups is 1. The van der Waals surface area contributed by atoms with Crippen molar-refractivity contribution in [2.75, 3.05) is 25.6 Å². The van der Waals surface area contributed by atoms with Crippen LogP contribution in [0, 0.1) is 5.92 Å². The second kappa shape index (κ2) is 6.10. The molecule has 0 heterocycles. The summed E-state index contributed by atoms with van der Waals surface area (Å²) in [6, 6.07) is 4.73. The molecule has 0 aliphatic heterocycles. The van der Waals surface area contributed by atoms with E-state index in [1.165, 1.54) is 13.2 Å². The molecule has 0 spiro atoms. The average molecular weight is 239 g/mol. The number of ether oxygens (including phenoxy) is 1. The molecule has 0 aliphatic rings. The normalized spacial score (nSPS) is 11.9. The van der Waals surface area contributed by atoms with Crippen molar-refractivity contribution in [3.05, 3.63) is 23.8 Å². The van der Waals surface area contributed by atoms with Crippen LogP contribution >= 0.6 is 0 Å². The molecule has 1 unspecified atom stereocenters. The highest BCUT2D eigenvalue weighted by Gasteiger charge is 2.11. The van der Waals surface area contributed by atoms with Crippen molar-refractivity contribution in [3.8, 4) is 5.75 Å². The monoisotopic (exact) mass is 239 g/mol. The van der Waals surface area contributed by atoms with Gasteiger partial charge in [0, 0.05) is 19.2 Å². The summed E-state index contributed by atoms with van der Waals surface area (Å²) in [6.45, 7) is 2.43. The lowest BCUT2D eigenvalue weighted by Gasteiger charge is -2.14. The van der Waals surface area contributed by atoms with Gasteiger partial charge in [0.15, 0.2) is 0 Å². The molecule has 1 rings (SSSR count). The van der Waals surface area contributed by atoms with Gasteiger partial charge in [-0.15, -0.1) is 0 Å². The van der Waals surface area contributed by atoms with E-state index in [0.717, 1.165) is 0 Å². The minimum absolute atomic E-state index is 0.0549. The zero-order chi connectivity index (χ0) is 12.8. The van der Waals surface area contributed by atoms with E-state index in [2.05, 4.69) is 5.32 Å². The molecule has 1 atom stereocenters. The highest BCUT2D eigenvalue weighted by molar-refractivity contribution is 5.94. The summed E-state index contributed by atoms with van der Waals surface area (Å²) >= 11 is 0. The van der Waals surface area contributed by atoms with Gasteiger partial charge >= 0.3 is 5.97 Å². The molecule has 0 bridgehead atoms. The zero-order valence-electron chi connectivity index (χ0n) is 9.93. The second-order valence-corrected chi connectivity index (χ2v) is 3.89. The van der Waals surface area contributed by atoms with Crippen LogP contribution in [0.5, 0.6) is 5.75 Å². The number of carboxylic acid groups (broad SMARTS) is 1. The van der Waals surface area contributed by atoms with Crippen LogP contribution < -0.4 is 10.1 Å². The van der Waals surface area contributed by atoms with Gasteiger partial charge in [0.05, 0.1) is 18.4 Å². The van der Waals surface area contributed by atoms with Crippen LogP contribution in [0.1, 0.15) is 17.3 Å². The molecule has 0 saturated carbocycles. The Morgan fingerprint density at radius 3 is 2.76 bits per heavy atom. The molecule has 0 aliphatic carbocycles. The third kappa shape index (κ3) is 3.64. The van der Waals surface area contributed by atoms with Crippen molar-refractivity contribution in [2.45, 2.75) is 6.92 Å². The summed E-state index contributed by atoms with van der Waals surface area (Å²) in [6.07, 6.45) is 0. The molecule has 17 heavy (non-hydrogen) atoms. The Hall–Kier alpha value is -1.75. The number of benzene rings is 1. The summed E-state index contributed by atoms with van der Waals surface area (Å²) < 4.78 is 5.04. The van der Waals surface area contributed by atoms with Gasteiger partial charge in [-0.1, -0.05) is 6.92 Å². The SMILES string of the molecule is COc1ccc(C(=O)O)c(NCC(C)CO)c1. The van der Waals surface area contributed by atoms with E-state index in [-0.39, 0.29) is 18.1 Å². The van der Waals surface area contributed by atoms with Crippen molar-refractivity contribution >= 4 is 11.7 Å². The van der Waals surface area contributed by atoms with Crippen LogP contribution in [0.2, 0.25) is 0 Å². The Morgan fingerprint density at radius 1 is 1.53 bits per heavy atom. The predicted octanol–water partition coefficient (Wildman–Crippen LogP) is 1.43. The Labute approximate surface area is 100 Å². The highest BCUT2D eigenvalue weighted by atomic mass is 16.5. The van der Waals surface area contributed by atoms with Gasteiger partial charge in [-0.25, -0.2) is 4.79 Å². The number of carbonyl (C=O) groups is 1. The number of hydrogen-bond donors (Lipinski definition) is 3. The van der Waals surface area contributed by atoms with E-state index >= 15 is 0 Å². The molecule has 1 aromatic rings. The highest BCUT2D eigenvalue weighted by Crippen LogP contribution is 2.22. The number of carboxylic acids is 1. The zero-order valence-corrected chi connectivity index (χ0v) is 9.93. The summed E-state index contributed by atoms with van der Waals surface area (Å²) in [4.78, 5) is 11.0. The van der Waals surface area contributed by atoms with E-state index in [9.17, 15) is 4.79 Å². The molecule has 0 saturated heterocycles. The summed E-state index contributed by atoms with van der Waals surface area (Å²) in [5.74, 6) is -0.344. The number of aromatic carboxylic acids is 1. The van der Waals surface area contributed by atoms with Crippen molar-refractivity contribution in [2.24, 2.45) is 5.92 Å². The second-order valence-electron chi connectivity index (χ2n) is 3.89. The van der Waals surface area contributed by atoms with Crippen LogP contribution in [-0.2, 0) is 0 Å². The standard InChI is InChI=1S/C12H17NO4/c1-8(7-14)6-13-11-5-9(17-2)3-4-10(11)12(15)16/h3-5,8,13-14H,6-7H2,1-2H3,(H,15,16). The van der Waals surface area contributed by atoms with Crippen molar-refractivity contribution in [1.29, 1.82) is 0 Å². The van der Waals surface area contributed by atoms with E-state index in [1.807, 2.05) is 6.92 Å².